The molecular formula is C9H18N2O2. The summed E-state index contributed by atoms with van der Waals surface area (Å²) in [6, 6.07) is -0.187. The first-order chi connectivity index (χ1) is 6.05. The summed E-state index contributed by atoms with van der Waals surface area (Å²) in [6.07, 6.45) is 0. The van der Waals surface area contributed by atoms with Crippen molar-refractivity contribution in [3.8, 4) is 0 Å². The summed E-state index contributed by atoms with van der Waals surface area (Å²) < 4.78 is 4.91. The molecule has 4 nitrogen and oxygen atoms in total. The zero-order valence-corrected chi connectivity index (χ0v) is 8.52. The van der Waals surface area contributed by atoms with Crippen LogP contribution in [-0.2, 0) is 9.53 Å². The zero-order chi connectivity index (χ0) is 9.90. The van der Waals surface area contributed by atoms with Crippen molar-refractivity contribution in [2.24, 2.45) is 0 Å². The minimum atomic E-state index is -0.187. The fraction of sp³-hybridized carbons (Fsp3) is 0.889. The van der Waals surface area contributed by atoms with E-state index in [0.717, 1.165) is 6.54 Å². The first-order valence-electron chi connectivity index (χ1n) is 4.70. The Bertz CT molecular complexity index is 182. The van der Waals surface area contributed by atoms with Crippen molar-refractivity contribution in [3.63, 3.8) is 0 Å². The average molecular weight is 186 g/mol. The van der Waals surface area contributed by atoms with E-state index in [4.69, 9.17) is 4.74 Å². The van der Waals surface area contributed by atoms with Crippen LogP contribution in [0.4, 0.5) is 0 Å². The van der Waals surface area contributed by atoms with Crippen LogP contribution in [0, 0.1) is 0 Å². The Kier molecular flexibility index (Phi) is 3.27. The molecule has 0 saturated carbocycles. The molecule has 2 N–H and O–H groups in total. The fourth-order valence-electron chi connectivity index (χ4n) is 1.30. The molecule has 1 rings (SSSR count). The van der Waals surface area contributed by atoms with E-state index in [1.54, 1.807) is 0 Å². The number of carbonyl (C=O) groups excluding carboxylic acids is 1. The van der Waals surface area contributed by atoms with Gasteiger partial charge in [0.15, 0.2) is 0 Å². The predicted molar refractivity (Wildman–Crippen MR) is 50.5 cm³/mol. The van der Waals surface area contributed by atoms with Gasteiger partial charge in [-0.05, 0) is 20.8 Å². The van der Waals surface area contributed by atoms with Gasteiger partial charge in [0.2, 0.25) is 0 Å². The van der Waals surface area contributed by atoms with Gasteiger partial charge >= 0.3 is 5.97 Å². The molecule has 76 valence electrons. The molecule has 0 aliphatic carbocycles. The number of rotatable bonds is 2. The highest BCUT2D eigenvalue weighted by Gasteiger charge is 2.29. The maximum Gasteiger partial charge on any atom is 0.324 e. The van der Waals surface area contributed by atoms with Crippen molar-refractivity contribution in [2.75, 3.05) is 19.7 Å². The number of hydrogen-bond acceptors (Lipinski definition) is 4. The monoisotopic (exact) mass is 186 g/mol. The molecule has 0 radical (unpaired) electrons. The van der Waals surface area contributed by atoms with Gasteiger partial charge in [-0.15, -0.1) is 0 Å². The van der Waals surface area contributed by atoms with Crippen LogP contribution in [-0.4, -0.2) is 37.2 Å². The standard InChI is InChI=1S/C9H18N2O2/c1-4-13-8(12)7-5-11-9(2,3)6-10-7/h7,10-11H,4-6H2,1-3H3/t7-/m1/s1. The van der Waals surface area contributed by atoms with Crippen molar-refractivity contribution in [1.29, 1.82) is 0 Å². The molecule has 1 atom stereocenters. The lowest BCUT2D eigenvalue weighted by molar-refractivity contribution is -0.146. The summed E-state index contributed by atoms with van der Waals surface area (Å²) in [5.74, 6) is -0.162. The molecule has 4 heteroatoms. The molecular weight excluding hydrogens is 168 g/mol. The number of ether oxygens (including phenoxy) is 1. The van der Waals surface area contributed by atoms with Crippen molar-refractivity contribution in [2.45, 2.75) is 32.4 Å². The van der Waals surface area contributed by atoms with Gasteiger partial charge < -0.3 is 15.4 Å². The molecule has 0 spiro atoms. The maximum atomic E-state index is 11.3. The van der Waals surface area contributed by atoms with E-state index in [1.807, 2.05) is 6.92 Å². The van der Waals surface area contributed by atoms with Crippen molar-refractivity contribution in [1.82, 2.24) is 10.6 Å². The van der Waals surface area contributed by atoms with Crippen LogP contribution in [0.15, 0.2) is 0 Å². The Labute approximate surface area is 79.0 Å². The largest absolute Gasteiger partial charge is 0.465 e. The molecule has 0 bridgehead atoms. The minimum Gasteiger partial charge on any atom is -0.465 e. The second-order valence-electron chi connectivity index (χ2n) is 3.95. The summed E-state index contributed by atoms with van der Waals surface area (Å²) in [5, 5.41) is 6.44. The van der Waals surface area contributed by atoms with Gasteiger partial charge in [0.1, 0.15) is 6.04 Å². The van der Waals surface area contributed by atoms with Crippen LogP contribution < -0.4 is 10.6 Å². The van der Waals surface area contributed by atoms with Crippen LogP contribution in [0.25, 0.3) is 0 Å². The molecule has 1 aliphatic rings. The van der Waals surface area contributed by atoms with E-state index in [-0.39, 0.29) is 17.6 Å². The molecule has 0 aromatic carbocycles. The highest BCUT2D eigenvalue weighted by atomic mass is 16.5. The predicted octanol–water partition coefficient (Wildman–Crippen LogP) is -0.110. The van der Waals surface area contributed by atoms with E-state index < -0.39 is 0 Å². The quantitative estimate of drug-likeness (QED) is 0.591. The number of piperazine rings is 1. The van der Waals surface area contributed by atoms with Gasteiger partial charge in [-0.3, -0.25) is 4.79 Å². The lowest BCUT2D eigenvalue weighted by Gasteiger charge is -2.35. The van der Waals surface area contributed by atoms with Crippen molar-refractivity contribution in [3.05, 3.63) is 0 Å². The lowest BCUT2D eigenvalue weighted by Crippen LogP contribution is -2.62. The van der Waals surface area contributed by atoms with E-state index in [0.29, 0.717) is 13.2 Å². The first-order valence-corrected chi connectivity index (χ1v) is 4.70. The van der Waals surface area contributed by atoms with Crippen LogP contribution >= 0.6 is 0 Å². The van der Waals surface area contributed by atoms with Gasteiger partial charge in [0.25, 0.3) is 0 Å². The Morgan fingerprint density at radius 1 is 1.62 bits per heavy atom. The van der Waals surface area contributed by atoms with Gasteiger partial charge in [0, 0.05) is 18.6 Å². The lowest BCUT2D eigenvalue weighted by atomic mass is 10.0. The van der Waals surface area contributed by atoms with Crippen molar-refractivity contribution >= 4 is 5.97 Å². The third-order valence-corrected chi connectivity index (χ3v) is 2.15. The van der Waals surface area contributed by atoms with Crippen LogP contribution in [0.2, 0.25) is 0 Å². The van der Waals surface area contributed by atoms with Crippen LogP contribution in [0.1, 0.15) is 20.8 Å². The van der Waals surface area contributed by atoms with Gasteiger partial charge in [-0.1, -0.05) is 0 Å². The minimum absolute atomic E-state index is 0.0724. The normalized spacial score (nSPS) is 26.8. The Morgan fingerprint density at radius 2 is 2.31 bits per heavy atom. The number of carbonyl (C=O) groups is 1. The third kappa shape index (κ3) is 2.97. The smallest absolute Gasteiger partial charge is 0.324 e. The van der Waals surface area contributed by atoms with Gasteiger partial charge in [-0.2, -0.15) is 0 Å². The van der Waals surface area contributed by atoms with E-state index in [2.05, 4.69) is 24.5 Å². The first kappa shape index (κ1) is 10.5. The molecule has 1 heterocycles. The second kappa shape index (κ2) is 4.07. The molecule has 0 unspecified atom stereocenters. The summed E-state index contributed by atoms with van der Waals surface area (Å²) in [4.78, 5) is 11.3. The average Bonchev–Trinajstić information content (AvgIpc) is 2.04. The molecule has 1 aliphatic heterocycles. The SMILES string of the molecule is CCOC(=O)[C@H]1CNC(C)(C)CN1. The third-order valence-electron chi connectivity index (χ3n) is 2.15. The molecule has 0 amide bonds. The number of nitrogens with one attached hydrogen (secondary N) is 2. The number of hydrogen-bond donors (Lipinski definition) is 2. The fourth-order valence-corrected chi connectivity index (χ4v) is 1.30. The van der Waals surface area contributed by atoms with E-state index >= 15 is 0 Å². The molecule has 1 fully saturated rings. The summed E-state index contributed by atoms with van der Waals surface area (Å²) in [5.41, 5.74) is 0.0724. The highest BCUT2D eigenvalue weighted by molar-refractivity contribution is 5.76. The molecule has 1 saturated heterocycles. The van der Waals surface area contributed by atoms with E-state index in [9.17, 15) is 4.79 Å². The Hall–Kier alpha value is -0.610. The topological polar surface area (TPSA) is 50.4 Å². The molecule has 0 aromatic heterocycles. The van der Waals surface area contributed by atoms with E-state index in [1.165, 1.54) is 0 Å². The molecule has 13 heavy (non-hydrogen) atoms. The summed E-state index contributed by atoms with van der Waals surface area (Å²) >= 11 is 0. The van der Waals surface area contributed by atoms with Gasteiger partial charge in [-0.25, -0.2) is 0 Å². The second-order valence-corrected chi connectivity index (χ2v) is 3.95. The van der Waals surface area contributed by atoms with Crippen LogP contribution in [0.5, 0.6) is 0 Å². The molecule has 0 aromatic rings. The summed E-state index contributed by atoms with van der Waals surface area (Å²) in [6.45, 7) is 7.89. The van der Waals surface area contributed by atoms with Crippen LogP contribution in [0.3, 0.4) is 0 Å². The maximum absolute atomic E-state index is 11.3. The zero-order valence-electron chi connectivity index (χ0n) is 8.52. The van der Waals surface area contributed by atoms with Gasteiger partial charge in [0.05, 0.1) is 6.61 Å². The Balaban J connectivity index is 2.36. The summed E-state index contributed by atoms with van der Waals surface area (Å²) in [7, 11) is 0. The Morgan fingerprint density at radius 3 is 2.77 bits per heavy atom. The highest BCUT2D eigenvalue weighted by Crippen LogP contribution is 2.06. The van der Waals surface area contributed by atoms with Crippen molar-refractivity contribution < 1.29 is 9.53 Å². The number of esters is 1.